The normalized spacial score (nSPS) is 16.5. The predicted molar refractivity (Wildman–Crippen MR) is 120 cm³/mol. The molecule has 7 nitrogen and oxygen atoms in total. The molecule has 3 heterocycles. The maximum Gasteiger partial charge on any atom is 0.150 e. The average molecular weight is 415 g/mol. The number of fused-ring (bicyclic) bond motifs is 1. The number of anilines is 2. The van der Waals surface area contributed by atoms with E-state index >= 15 is 0 Å². The minimum atomic E-state index is 0.000399. The van der Waals surface area contributed by atoms with Gasteiger partial charge in [0.25, 0.3) is 0 Å². The van der Waals surface area contributed by atoms with Gasteiger partial charge in [0.2, 0.25) is 0 Å². The lowest BCUT2D eigenvalue weighted by molar-refractivity contribution is -0.0394. The first-order valence-corrected chi connectivity index (χ1v) is 10.7. The van der Waals surface area contributed by atoms with Crippen LogP contribution in [-0.2, 0) is 4.74 Å². The van der Waals surface area contributed by atoms with Gasteiger partial charge in [-0.3, -0.25) is 4.98 Å². The van der Waals surface area contributed by atoms with Gasteiger partial charge in [0.15, 0.2) is 0 Å². The van der Waals surface area contributed by atoms with Crippen molar-refractivity contribution < 1.29 is 9.84 Å². The summed E-state index contributed by atoms with van der Waals surface area (Å²) in [6, 6.07) is 16.0. The SMILES string of the molecule is OCCN(c1ccccc1)c1ccc2ncc(-c3cnn(C4CCCCO4)c3)nc2c1. The molecule has 7 heteroatoms. The summed E-state index contributed by atoms with van der Waals surface area (Å²) in [4.78, 5) is 11.5. The summed E-state index contributed by atoms with van der Waals surface area (Å²) in [6.07, 6.45) is 8.84. The van der Waals surface area contributed by atoms with Crippen molar-refractivity contribution >= 4 is 22.4 Å². The number of benzene rings is 2. The van der Waals surface area contributed by atoms with Gasteiger partial charge in [-0.05, 0) is 49.6 Å². The van der Waals surface area contributed by atoms with Crippen LogP contribution in [0.3, 0.4) is 0 Å². The standard InChI is InChI=1S/C24H25N5O2/c30-12-11-28(19-6-2-1-3-7-19)20-9-10-21-22(14-20)27-23(16-25-21)18-15-26-29(17-18)24-8-4-5-13-31-24/h1-3,6-7,9-10,14-17,24,30H,4-5,8,11-13H2. The maximum absolute atomic E-state index is 9.59. The number of aromatic nitrogens is 4. The van der Waals surface area contributed by atoms with E-state index in [4.69, 9.17) is 9.72 Å². The van der Waals surface area contributed by atoms with E-state index in [2.05, 4.69) is 15.0 Å². The van der Waals surface area contributed by atoms with Crippen LogP contribution in [0.25, 0.3) is 22.3 Å². The smallest absolute Gasteiger partial charge is 0.150 e. The topological polar surface area (TPSA) is 76.3 Å². The summed E-state index contributed by atoms with van der Waals surface area (Å²) in [7, 11) is 0. The van der Waals surface area contributed by atoms with Crippen molar-refractivity contribution in [1.82, 2.24) is 19.7 Å². The zero-order valence-electron chi connectivity index (χ0n) is 17.3. The molecular weight excluding hydrogens is 390 g/mol. The summed E-state index contributed by atoms with van der Waals surface area (Å²) in [5, 5.41) is 14.1. The van der Waals surface area contributed by atoms with E-state index in [1.807, 2.05) is 65.6 Å². The van der Waals surface area contributed by atoms with E-state index in [1.54, 1.807) is 6.20 Å². The zero-order chi connectivity index (χ0) is 21.0. The molecule has 2 aromatic carbocycles. The Morgan fingerprint density at radius 2 is 1.94 bits per heavy atom. The summed E-state index contributed by atoms with van der Waals surface area (Å²) >= 11 is 0. The first-order chi connectivity index (χ1) is 15.3. The number of rotatable bonds is 6. The third-order valence-corrected chi connectivity index (χ3v) is 5.58. The van der Waals surface area contributed by atoms with Crippen LogP contribution in [0.5, 0.6) is 0 Å². The number of hydrogen-bond acceptors (Lipinski definition) is 6. The van der Waals surface area contributed by atoms with Gasteiger partial charge in [0, 0.05) is 36.3 Å². The molecule has 1 N–H and O–H groups in total. The van der Waals surface area contributed by atoms with Crippen LogP contribution in [-0.4, -0.2) is 44.6 Å². The van der Waals surface area contributed by atoms with Gasteiger partial charge < -0.3 is 14.7 Å². The van der Waals surface area contributed by atoms with Gasteiger partial charge in [-0.1, -0.05) is 18.2 Å². The van der Waals surface area contributed by atoms with E-state index < -0.39 is 0 Å². The second-order valence-corrected chi connectivity index (χ2v) is 7.67. The van der Waals surface area contributed by atoms with Crippen LogP contribution in [0.2, 0.25) is 0 Å². The highest BCUT2D eigenvalue weighted by atomic mass is 16.5. The van der Waals surface area contributed by atoms with Crippen LogP contribution in [0.15, 0.2) is 67.1 Å². The molecular formula is C24H25N5O2. The van der Waals surface area contributed by atoms with Crippen LogP contribution >= 0.6 is 0 Å². The fraction of sp³-hybridized carbons (Fsp3) is 0.292. The molecule has 0 saturated carbocycles. The van der Waals surface area contributed by atoms with Crippen molar-refractivity contribution in [2.75, 3.05) is 24.7 Å². The van der Waals surface area contributed by atoms with Crippen molar-refractivity contribution in [3.63, 3.8) is 0 Å². The van der Waals surface area contributed by atoms with Gasteiger partial charge in [0.1, 0.15) is 6.23 Å². The second-order valence-electron chi connectivity index (χ2n) is 7.67. The van der Waals surface area contributed by atoms with Crippen molar-refractivity contribution in [3.05, 3.63) is 67.1 Å². The Bertz CT molecular complexity index is 1160. The van der Waals surface area contributed by atoms with Gasteiger partial charge in [-0.2, -0.15) is 5.10 Å². The van der Waals surface area contributed by atoms with Crippen LogP contribution < -0.4 is 4.90 Å². The fourth-order valence-corrected chi connectivity index (χ4v) is 3.98. The monoisotopic (exact) mass is 415 g/mol. The summed E-state index contributed by atoms with van der Waals surface area (Å²) < 4.78 is 7.71. The third kappa shape index (κ3) is 4.15. The first-order valence-electron chi connectivity index (χ1n) is 10.7. The molecule has 5 rings (SSSR count). The highest BCUT2D eigenvalue weighted by Crippen LogP contribution is 2.29. The van der Waals surface area contributed by atoms with E-state index in [1.165, 1.54) is 0 Å². The first kappa shape index (κ1) is 19.7. The van der Waals surface area contributed by atoms with Crippen molar-refractivity contribution in [2.45, 2.75) is 25.5 Å². The fourth-order valence-electron chi connectivity index (χ4n) is 3.98. The predicted octanol–water partition coefficient (Wildman–Crippen LogP) is 4.32. The molecule has 4 aromatic rings. The van der Waals surface area contributed by atoms with Gasteiger partial charge in [-0.25, -0.2) is 9.67 Å². The zero-order valence-corrected chi connectivity index (χ0v) is 17.3. The highest BCUT2D eigenvalue weighted by Gasteiger charge is 2.17. The minimum absolute atomic E-state index is 0.000399. The Labute approximate surface area is 180 Å². The summed E-state index contributed by atoms with van der Waals surface area (Å²) in [5.74, 6) is 0. The number of aliphatic hydroxyl groups is 1. The number of nitrogens with zero attached hydrogens (tertiary/aromatic N) is 5. The lowest BCUT2D eigenvalue weighted by atomic mass is 10.2. The quantitative estimate of drug-likeness (QED) is 0.505. The molecule has 31 heavy (non-hydrogen) atoms. The molecule has 0 amide bonds. The lowest BCUT2D eigenvalue weighted by Crippen LogP contribution is -2.20. The molecule has 1 unspecified atom stereocenters. The second kappa shape index (κ2) is 8.83. The Balaban J connectivity index is 1.47. The summed E-state index contributed by atoms with van der Waals surface area (Å²) in [6.45, 7) is 1.34. The van der Waals surface area contributed by atoms with E-state index in [9.17, 15) is 5.11 Å². The Morgan fingerprint density at radius 1 is 1.03 bits per heavy atom. The Hall–Kier alpha value is -3.29. The average Bonchev–Trinajstić information content (AvgIpc) is 3.33. The molecule has 0 bridgehead atoms. The van der Waals surface area contributed by atoms with E-state index in [-0.39, 0.29) is 12.8 Å². The molecule has 1 fully saturated rings. The molecule has 1 aliphatic heterocycles. The van der Waals surface area contributed by atoms with Gasteiger partial charge >= 0.3 is 0 Å². The molecule has 1 aliphatic rings. The van der Waals surface area contributed by atoms with Crippen molar-refractivity contribution in [3.8, 4) is 11.3 Å². The van der Waals surface area contributed by atoms with Crippen LogP contribution in [0, 0.1) is 0 Å². The summed E-state index contributed by atoms with van der Waals surface area (Å²) in [5.41, 5.74) is 5.31. The van der Waals surface area contributed by atoms with Crippen LogP contribution in [0.4, 0.5) is 11.4 Å². The molecule has 1 atom stereocenters. The lowest BCUT2D eigenvalue weighted by Gasteiger charge is -2.24. The molecule has 0 spiro atoms. The molecule has 2 aromatic heterocycles. The number of aliphatic hydroxyl groups excluding tert-OH is 1. The van der Waals surface area contributed by atoms with Crippen molar-refractivity contribution in [1.29, 1.82) is 0 Å². The number of para-hydroxylation sites is 1. The largest absolute Gasteiger partial charge is 0.395 e. The molecule has 1 saturated heterocycles. The molecule has 158 valence electrons. The molecule has 0 radical (unpaired) electrons. The molecule has 0 aliphatic carbocycles. The number of ether oxygens (including phenoxy) is 1. The van der Waals surface area contributed by atoms with Crippen molar-refractivity contribution in [2.24, 2.45) is 0 Å². The van der Waals surface area contributed by atoms with E-state index in [0.717, 1.165) is 59.5 Å². The number of hydrogen-bond donors (Lipinski definition) is 1. The van der Waals surface area contributed by atoms with Gasteiger partial charge in [0.05, 0.1) is 35.7 Å². The van der Waals surface area contributed by atoms with Gasteiger partial charge in [-0.15, -0.1) is 0 Å². The Kier molecular flexibility index (Phi) is 5.60. The highest BCUT2D eigenvalue weighted by molar-refractivity contribution is 5.82. The third-order valence-electron chi connectivity index (χ3n) is 5.58. The van der Waals surface area contributed by atoms with E-state index in [0.29, 0.717) is 6.54 Å². The maximum atomic E-state index is 9.59. The minimum Gasteiger partial charge on any atom is -0.395 e. The Morgan fingerprint density at radius 3 is 2.74 bits per heavy atom. The van der Waals surface area contributed by atoms with Crippen LogP contribution in [0.1, 0.15) is 25.5 Å².